The largest absolute Gasteiger partial charge is 0.381 e. The van der Waals surface area contributed by atoms with E-state index in [0.717, 1.165) is 42.1 Å². The molecule has 1 fully saturated rings. The van der Waals surface area contributed by atoms with E-state index in [0.29, 0.717) is 5.92 Å². The molecule has 1 atom stereocenters. The van der Waals surface area contributed by atoms with Crippen LogP contribution in [0.1, 0.15) is 39.7 Å². The first-order valence-corrected chi connectivity index (χ1v) is 8.45. The van der Waals surface area contributed by atoms with Gasteiger partial charge in [-0.3, -0.25) is 9.78 Å². The molecule has 0 spiro atoms. The van der Waals surface area contributed by atoms with Crippen molar-refractivity contribution in [3.63, 3.8) is 0 Å². The van der Waals surface area contributed by atoms with Crippen LogP contribution in [0.25, 0.3) is 0 Å². The van der Waals surface area contributed by atoms with E-state index in [9.17, 15) is 4.79 Å². The third kappa shape index (κ3) is 3.54. The molecule has 116 valence electrons. The Morgan fingerprint density at radius 3 is 2.91 bits per heavy atom. The highest BCUT2D eigenvalue weighted by atomic mass is 32.1. The van der Waals surface area contributed by atoms with Crippen LogP contribution >= 0.6 is 11.3 Å². The molecule has 1 amide bonds. The second-order valence-corrected chi connectivity index (χ2v) is 6.59. The van der Waals surface area contributed by atoms with Gasteiger partial charge in [0, 0.05) is 25.6 Å². The molecule has 1 saturated heterocycles. The first-order valence-electron chi connectivity index (χ1n) is 7.57. The van der Waals surface area contributed by atoms with Gasteiger partial charge < -0.3 is 10.1 Å². The van der Waals surface area contributed by atoms with E-state index in [1.54, 1.807) is 6.20 Å². The fourth-order valence-electron chi connectivity index (χ4n) is 2.85. The summed E-state index contributed by atoms with van der Waals surface area (Å²) in [6.45, 7) is 3.52. The van der Waals surface area contributed by atoms with Crippen LogP contribution in [0, 0.1) is 12.8 Å². The Bertz CT molecular complexity index is 621. The number of ether oxygens (including phenoxy) is 1. The lowest BCUT2D eigenvalue weighted by molar-refractivity contribution is 0.0514. The maximum absolute atomic E-state index is 12.5. The van der Waals surface area contributed by atoms with Gasteiger partial charge in [0.2, 0.25) is 0 Å². The number of rotatable bonds is 4. The molecule has 3 heterocycles. The number of nitrogens with one attached hydrogen (secondary N) is 1. The van der Waals surface area contributed by atoms with Crippen LogP contribution in [0.5, 0.6) is 0 Å². The Hall–Kier alpha value is -1.72. The molecular weight excluding hydrogens is 296 g/mol. The molecule has 0 saturated carbocycles. The highest BCUT2D eigenvalue weighted by Crippen LogP contribution is 2.30. The quantitative estimate of drug-likeness (QED) is 0.941. The molecule has 22 heavy (non-hydrogen) atoms. The van der Waals surface area contributed by atoms with E-state index in [-0.39, 0.29) is 11.9 Å². The summed E-state index contributed by atoms with van der Waals surface area (Å²) in [6.07, 6.45) is 5.53. The zero-order valence-corrected chi connectivity index (χ0v) is 13.4. The standard InChI is InChI=1S/C17H20N2O2S/c1-12-9-15(22-11-12)17(20)19-16(13-4-7-21-8-5-13)14-3-2-6-18-10-14/h2-3,6,9-11,13,16H,4-5,7-8H2,1H3,(H,19,20). The lowest BCUT2D eigenvalue weighted by atomic mass is 9.87. The molecule has 1 N–H and O–H groups in total. The summed E-state index contributed by atoms with van der Waals surface area (Å²) < 4.78 is 5.45. The van der Waals surface area contributed by atoms with Crippen LogP contribution in [-0.4, -0.2) is 24.1 Å². The van der Waals surface area contributed by atoms with E-state index in [2.05, 4.69) is 10.3 Å². The van der Waals surface area contributed by atoms with Gasteiger partial charge in [-0.2, -0.15) is 0 Å². The van der Waals surface area contributed by atoms with E-state index in [4.69, 9.17) is 4.74 Å². The Morgan fingerprint density at radius 1 is 1.45 bits per heavy atom. The summed E-state index contributed by atoms with van der Waals surface area (Å²) in [5, 5.41) is 5.21. The van der Waals surface area contributed by atoms with Crippen LogP contribution in [0.15, 0.2) is 36.0 Å². The predicted molar refractivity (Wildman–Crippen MR) is 87.0 cm³/mol. The molecule has 0 aromatic carbocycles. The lowest BCUT2D eigenvalue weighted by Crippen LogP contribution is -2.35. The molecular formula is C17H20N2O2S. The first-order chi connectivity index (χ1) is 10.7. The van der Waals surface area contributed by atoms with Crippen molar-refractivity contribution in [3.8, 4) is 0 Å². The Kier molecular flexibility index (Phi) is 4.85. The highest BCUT2D eigenvalue weighted by Gasteiger charge is 2.27. The van der Waals surface area contributed by atoms with Crippen LogP contribution in [0.2, 0.25) is 0 Å². The van der Waals surface area contributed by atoms with E-state index in [1.807, 2.05) is 36.7 Å². The molecule has 0 bridgehead atoms. The topological polar surface area (TPSA) is 51.2 Å². The third-order valence-electron chi connectivity index (χ3n) is 4.02. The van der Waals surface area contributed by atoms with Gasteiger partial charge in [0.15, 0.2) is 0 Å². The summed E-state index contributed by atoms with van der Waals surface area (Å²) in [6, 6.07) is 5.88. The summed E-state index contributed by atoms with van der Waals surface area (Å²) in [7, 11) is 0. The number of thiophene rings is 1. The average molecular weight is 316 g/mol. The van der Waals surface area contributed by atoms with Crippen molar-refractivity contribution in [3.05, 3.63) is 52.0 Å². The van der Waals surface area contributed by atoms with Gasteiger partial charge in [-0.15, -0.1) is 11.3 Å². The monoisotopic (exact) mass is 316 g/mol. The summed E-state index contributed by atoms with van der Waals surface area (Å²) in [4.78, 5) is 17.5. The zero-order valence-electron chi connectivity index (χ0n) is 12.6. The molecule has 4 nitrogen and oxygen atoms in total. The van der Waals surface area contributed by atoms with Crippen LogP contribution in [-0.2, 0) is 4.74 Å². The smallest absolute Gasteiger partial charge is 0.261 e. The van der Waals surface area contributed by atoms with Crippen LogP contribution in [0.4, 0.5) is 0 Å². The summed E-state index contributed by atoms with van der Waals surface area (Å²) in [5.41, 5.74) is 2.19. The number of amides is 1. The number of pyridine rings is 1. The molecule has 1 aliphatic rings. The molecule has 0 radical (unpaired) electrons. The molecule has 2 aromatic heterocycles. The fraction of sp³-hybridized carbons (Fsp3) is 0.412. The van der Waals surface area contributed by atoms with Gasteiger partial charge >= 0.3 is 0 Å². The van der Waals surface area contributed by atoms with E-state index < -0.39 is 0 Å². The molecule has 0 aliphatic carbocycles. The molecule has 5 heteroatoms. The summed E-state index contributed by atoms with van der Waals surface area (Å²) in [5.74, 6) is 0.390. The van der Waals surface area contributed by atoms with Crippen molar-refractivity contribution < 1.29 is 9.53 Å². The van der Waals surface area contributed by atoms with Crippen molar-refractivity contribution in [2.45, 2.75) is 25.8 Å². The molecule has 3 rings (SSSR count). The second kappa shape index (κ2) is 7.03. The Morgan fingerprint density at radius 2 is 2.27 bits per heavy atom. The first kappa shape index (κ1) is 15.2. The van der Waals surface area contributed by atoms with Crippen molar-refractivity contribution >= 4 is 17.2 Å². The number of hydrogen-bond donors (Lipinski definition) is 1. The SMILES string of the molecule is Cc1csc(C(=O)NC(c2cccnc2)C2CCOCC2)c1. The number of nitrogens with zero attached hydrogens (tertiary/aromatic N) is 1. The van der Waals surface area contributed by atoms with Gasteiger partial charge in [-0.1, -0.05) is 6.07 Å². The highest BCUT2D eigenvalue weighted by molar-refractivity contribution is 7.12. The average Bonchev–Trinajstić information content (AvgIpc) is 3.01. The van der Waals surface area contributed by atoms with Crippen LogP contribution in [0.3, 0.4) is 0 Å². The van der Waals surface area contributed by atoms with Gasteiger partial charge in [0.05, 0.1) is 10.9 Å². The fourth-order valence-corrected chi connectivity index (χ4v) is 3.65. The minimum atomic E-state index is -0.00694. The predicted octanol–water partition coefficient (Wildman–Crippen LogP) is 3.35. The van der Waals surface area contributed by atoms with Crippen molar-refractivity contribution in [1.82, 2.24) is 10.3 Å². The molecule has 1 unspecified atom stereocenters. The Labute approximate surface area is 134 Å². The zero-order chi connectivity index (χ0) is 15.4. The number of carbonyl (C=O) groups excluding carboxylic acids is 1. The van der Waals surface area contributed by atoms with Gasteiger partial charge in [-0.25, -0.2) is 0 Å². The third-order valence-corrected chi connectivity index (χ3v) is 5.07. The minimum absolute atomic E-state index is 0.00144. The lowest BCUT2D eigenvalue weighted by Gasteiger charge is -2.31. The van der Waals surface area contributed by atoms with E-state index in [1.165, 1.54) is 11.3 Å². The molecule has 2 aromatic rings. The van der Waals surface area contributed by atoms with Crippen molar-refractivity contribution in [1.29, 1.82) is 0 Å². The number of hydrogen-bond acceptors (Lipinski definition) is 4. The summed E-state index contributed by atoms with van der Waals surface area (Å²) >= 11 is 1.49. The van der Waals surface area contributed by atoms with Crippen molar-refractivity contribution in [2.75, 3.05) is 13.2 Å². The second-order valence-electron chi connectivity index (χ2n) is 5.68. The minimum Gasteiger partial charge on any atom is -0.381 e. The number of aromatic nitrogens is 1. The Balaban J connectivity index is 1.80. The number of carbonyl (C=O) groups is 1. The van der Waals surface area contributed by atoms with Gasteiger partial charge in [0.1, 0.15) is 0 Å². The van der Waals surface area contributed by atoms with Crippen LogP contribution < -0.4 is 5.32 Å². The van der Waals surface area contributed by atoms with E-state index >= 15 is 0 Å². The number of aryl methyl sites for hydroxylation is 1. The van der Waals surface area contributed by atoms with Crippen molar-refractivity contribution in [2.24, 2.45) is 5.92 Å². The maximum atomic E-state index is 12.5. The van der Waals surface area contributed by atoms with Gasteiger partial charge in [0.25, 0.3) is 5.91 Å². The maximum Gasteiger partial charge on any atom is 0.261 e. The molecule has 1 aliphatic heterocycles. The van der Waals surface area contributed by atoms with Gasteiger partial charge in [-0.05, 0) is 54.3 Å². The normalized spacial score (nSPS) is 17.1.